The fourth-order valence-corrected chi connectivity index (χ4v) is 4.81. The predicted octanol–water partition coefficient (Wildman–Crippen LogP) is 8.04. The maximum Gasteiger partial charge on any atom is 0.0701 e. The molecule has 5 aromatic rings. The lowest BCUT2D eigenvalue weighted by Gasteiger charge is -2.17. The van der Waals surface area contributed by atoms with E-state index in [4.69, 9.17) is 0 Å². The quantitative estimate of drug-likeness (QED) is 0.232. The number of rotatable bonds is 6. The fourth-order valence-electron chi connectivity index (χ4n) is 4.81. The summed E-state index contributed by atoms with van der Waals surface area (Å²) in [5.41, 5.74) is 8.02. The van der Waals surface area contributed by atoms with E-state index in [1.165, 1.54) is 33.0 Å². The van der Waals surface area contributed by atoms with Gasteiger partial charge in [0.1, 0.15) is 0 Å². The zero-order valence-corrected chi connectivity index (χ0v) is 20.6. The average molecular weight is 464 g/mol. The van der Waals surface area contributed by atoms with Gasteiger partial charge in [-0.25, -0.2) is 0 Å². The van der Waals surface area contributed by atoms with Gasteiger partial charge in [-0.2, -0.15) is 0 Å². The zero-order valence-electron chi connectivity index (χ0n) is 20.6. The molecule has 0 unspecified atom stereocenters. The molecule has 1 aromatic heterocycles. The van der Waals surface area contributed by atoms with Gasteiger partial charge in [0.2, 0.25) is 0 Å². The molecule has 174 valence electrons. The fraction of sp³-hybridized carbons (Fsp3) is 0.0571. The van der Waals surface area contributed by atoms with E-state index in [-0.39, 0.29) is 0 Å². The van der Waals surface area contributed by atoms with Crippen LogP contribution in [-0.2, 0) is 0 Å². The molecule has 36 heavy (non-hydrogen) atoms. The van der Waals surface area contributed by atoms with Crippen LogP contribution in [0.4, 0.5) is 0 Å². The summed E-state index contributed by atoms with van der Waals surface area (Å²) in [6.45, 7) is 10.5. The largest absolute Gasteiger partial charge is 0.256 e. The van der Waals surface area contributed by atoms with Crippen molar-refractivity contribution in [3.05, 3.63) is 132 Å². The molecule has 0 aliphatic heterocycles. The van der Waals surface area contributed by atoms with E-state index < -0.39 is 0 Å². The Morgan fingerprint density at radius 2 is 1.50 bits per heavy atom. The summed E-state index contributed by atoms with van der Waals surface area (Å²) in [4.78, 5) is 4.51. The summed E-state index contributed by atoms with van der Waals surface area (Å²) in [6, 6.07) is 32.1. The number of benzene rings is 4. The summed E-state index contributed by atoms with van der Waals surface area (Å²) < 4.78 is 0. The van der Waals surface area contributed by atoms with Crippen LogP contribution in [0, 0.1) is 0 Å². The Balaban J connectivity index is 1.83. The van der Waals surface area contributed by atoms with Crippen molar-refractivity contribution in [1.82, 2.24) is 4.98 Å². The van der Waals surface area contributed by atoms with Gasteiger partial charge in [-0.15, -0.1) is 6.58 Å². The number of pyridine rings is 1. The molecule has 0 saturated heterocycles. The van der Waals surface area contributed by atoms with E-state index >= 15 is 0 Å². The van der Waals surface area contributed by atoms with Gasteiger partial charge in [0, 0.05) is 11.8 Å². The summed E-state index contributed by atoms with van der Waals surface area (Å²) in [7, 11) is 0. The monoisotopic (exact) mass is 463 g/mol. The first-order valence-corrected chi connectivity index (χ1v) is 12.3. The molecule has 0 saturated carbocycles. The molecule has 0 atom stereocenters. The molecule has 1 heteroatoms. The highest BCUT2D eigenvalue weighted by molar-refractivity contribution is 6.06. The number of hydrogen-bond donors (Lipinski definition) is 0. The first-order chi connectivity index (χ1) is 17.7. The van der Waals surface area contributed by atoms with Crippen molar-refractivity contribution >= 4 is 29.5 Å². The SMILES string of the molecule is C=CC/C=C\c1c(-c2ccc(-c3ccccn3)cc2)cc(-c2ccccc2)c2cc/c(=C/C)c(=C)c12. The van der Waals surface area contributed by atoms with Crippen LogP contribution in [-0.4, -0.2) is 4.98 Å². The minimum absolute atomic E-state index is 0.812. The van der Waals surface area contributed by atoms with Crippen molar-refractivity contribution in [3.63, 3.8) is 0 Å². The Kier molecular flexibility index (Phi) is 6.73. The van der Waals surface area contributed by atoms with Crippen LogP contribution in [0.25, 0.3) is 63.0 Å². The third-order valence-corrected chi connectivity index (χ3v) is 6.63. The Hall–Kier alpha value is -4.49. The summed E-state index contributed by atoms with van der Waals surface area (Å²) in [5.74, 6) is 0. The van der Waals surface area contributed by atoms with E-state index in [1.54, 1.807) is 0 Å². The van der Waals surface area contributed by atoms with Gasteiger partial charge < -0.3 is 0 Å². The lowest BCUT2D eigenvalue weighted by atomic mass is 9.86. The van der Waals surface area contributed by atoms with Gasteiger partial charge in [-0.3, -0.25) is 4.98 Å². The van der Waals surface area contributed by atoms with Gasteiger partial charge in [0.25, 0.3) is 0 Å². The number of aromatic nitrogens is 1. The summed E-state index contributed by atoms with van der Waals surface area (Å²) in [6.07, 6.45) is 11.1. The number of allylic oxidation sites excluding steroid dienone is 2. The summed E-state index contributed by atoms with van der Waals surface area (Å²) >= 11 is 0. The molecule has 0 aliphatic carbocycles. The Bertz CT molecular complexity index is 1660. The minimum atomic E-state index is 0.812. The number of fused-ring (bicyclic) bond motifs is 1. The molecule has 0 bridgehead atoms. The molecule has 4 aromatic carbocycles. The third kappa shape index (κ3) is 4.44. The van der Waals surface area contributed by atoms with Crippen molar-refractivity contribution in [2.45, 2.75) is 13.3 Å². The lowest BCUT2D eigenvalue weighted by molar-refractivity contribution is 1.33. The normalized spacial score (nSPS) is 11.9. The van der Waals surface area contributed by atoms with Crippen molar-refractivity contribution in [2.75, 3.05) is 0 Å². The molecule has 0 aliphatic rings. The van der Waals surface area contributed by atoms with E-state index in [2.05, 4.69) is 116 Å². The first-order valence-electron chi connectivity index (χ1n) is 12.3. The van der Waals surface area contributed by atoms with Crippen LogP contribution in [0.5, 0.6) is 0 Å². The maximum atomic E-state index is 4.54. The topological polar surface area (TPSA) is 12.9 Å². The number of nitrogens with zero attached hydrogens (tertiary/aromatic N) is 1. The molecule has 0 spiro atoms. The molecule has 0 amide bonds. The second-order valence-electron chi connectivity index (χ2n) is 8.82. The smallest absolute Gasteiger partial charge is 0.0701 e. The molecular weight excluding hydrogens is 434 g/mol. The molecule has 1 heterocycles. The second kappa shape index (κ2) is 10.4. The minimum Gasteiger partial charge on any atom is -0.256 e. The average Bonchev–Trinajstić information content (AvgIpc) is 2.94. The molecule has 0 N–H and O–H groups in total. The lowest BCUT2D eigenvalue weighted by Crippen LogP contribution is -2.24. The standard InChI is InChI=1S/C35H29N/c1-4-6-8-15-30-33(28-17-19-29(20-18-28)34-16-11-12-23-36-34)24-32(27-13-9-7-10-14-27)31-22-21-26(5-2)25(3)35(30)31/h4-5,7-24H,1,3,6H2,2H3/b15-8-,26-5-. The maximum absolute atomic E-state index is 4.54. The number of hydrogen-bond acceptors (Lipinski definition) is 1. The molecular formula is C35H29N. The first kappa shape index (κ1) is 23.3. The molecule has 5 rings (SSSR count). The van der Waals surface area contributed by atoms with E-state index in [1.807, 2.05) is 30.5 Å². The van der Waals surface area contributed by atoms with Crippen molar-refractivity contribution in [1.29, 1.82) is 0 Å². The van der Waals surface area contributed by atoms with Gasteiger partial charge in [0.15, 0.2) is 0 Å². The van der Waals surface area contributed by atoms with Crippen LogP contribution in [0.2, 0.25) is 0 Å². The van der Waals surface area contributed by atoms with Gasteiger partial charge in [-0.05, 0) is 80.6 Å². The van der Waals surface area contributed by atoms with Crippen LogP contribution < -0.4 is 10.4 Å². The van der Waals surface area contributed by atoms with Crippen LogP contribution in [0.15, 0.2) is 116 Å². The Morgan fingerprint density at radius 1 is 0.778 bits per heavy atom. The van der Waals surface area contributed by atoms with Crippen molar-refractivity contribution in [3.8, 4) is 33.5 Å². The Labute approximate surface area is 213 Å². The van der Waals surface area contributed by atoms with E-state index in [0.717, 1.165) is 33.7 Å². The molecule has 0 fully saturated rings. The van der Waals surface area contributed by atoms with Gasteiger partial charge in [0.05, 0.1) is 5.69 Å². The van der Waals surface area contributed by atoms with Crippen molar-refractivity contribution in [2.24, 2.45) is 0 Å². The zero-order chi connectivity index (χ0) is 24.9. The highest BCUT2D eigenvalue weighted by atomic mass is 14.7. The second-order valence-corrected chi connectivity index (χ2v) is 8.82. The summed E-state index contributed by atoms with van der Waals surface area (Å²) in [5, 5.41) is 4.61. The van der Waals surface area contributed by atoms with Crippen LogP contribution in [0.1, 0.15) is 18.9 Å². The Morgan fingerprint density at radius 3 is 2.19 bits per heavy atom. The van der Waals surface area contributed by atoms with Gasteiger partial charge >= 0.3 is 0 Å². The molecule has 0 radical (unpaired) electrons. The third-order valence-electron chi connectivity index (χ3n) is 6.63. The highest BCUT2D eigenvalue weighted by Crippen LogP contribution is 2.37. The van der Waals surface area contributed by atoms with Crippen LogP contribution in [0.3, 0.4) is 0 Å². The van der Waals surface area contributed by atoms with Crippen molar-refractivity contribution < 1.29 is 0 Å². The molecule has 1 nitrogen and oxygen atoms in total. The van der Waals surface area contributed by atoms with Crippen LogP contribution >= 0.6 is 0 Å². The van der Waals surface area contributed by atoms with Gasteiger partial charge in [-0.1, -0.05) is 104 Å². The van der Waals surface area contributed by atoms with E-state index in [9.17, 15) is 0 Å². The predicted molar refractivity (Wildman–Crippen MR) is 157 cm³/mol. The van der Waals surface area contributed by atoms with E-state index in [0.29, 0.717) is 0 Å². The highest BCUT2D eigenvalue weighted by Gasteiger charge is 2.15.